The maximum Gasteiger partial charge on any atom is 0.242 e. The van der Waals surface area contributed by atoms with Crippen LogP contribution in [0.4, 0.5) is 4.39 Å². The summed E-state index contributed by atoms with van der Waals surface area (Å²) in [6.45, 7) is 6.69. The van der Waals surface area contributed by atoms with Crippen LogP contribution in [0.3, 0.4) is 0 Å². The third-order valence-electron chi connectivity index (χ3n) is 4.88. The molecule has 1 N–H and O–H groups in total. The molecule has 2 rings (SSSR count). The van der Waals surface area contributed by atoms with Crippen molar-refractivity contribution in [3.05, 3.63) is 65.5 Å². The minimum absolute atomic E-state index is 0.100. The van der Waals surface area contributed by atoms with Gasteiger partial charge >= 0.3 is 0 Å². The Morgan fingerprint density at radius 2 is 1.77 bits per heavy atom. The van der Waals surface area contributed by atoms with Crippen LogP contribution in [0, 0.1) is 11.7 Å². The molecule has 5 nitrogen and oxygen atoms in total. The molecule has 0 aliphatic rings. The zero-order valence-corrected chi connectivity index (χ0v) is 18.2. The second-order valence-corrected chi connectivity index (χ2v) is 7.70. The van der Waals surface area contributed by atoms with E-state index in [0.29, 0.717) is 30.2 Å². The van der Waals surface area contributed by atoms with Crippen LogP contribution in [0.15, 0.2) is 48.5 Å². The average Bonchev–Trinajstić information content (AvgIpc) is 2.74. The molecule has 30 heavy (non-hydrogen) atoms. The van der Waals surface area contributed by atoms with Crippen LogP contribution in [0.5, 0.6) is 5.75 Å². The Balaban J connectivity index is 2.27. The number of halogens is 1. The molecule has 2 amide bonds. The van der Waals surface area contributed by atoms with Crippen molar-refractivity contribution in [2.75, 3.05) is 13.7 Å². The Bertz CT molecular complexity index is 837. The zero-order valence-electron chi connectivity index (χ0n) is 18.2. The first-order chi connectivity index (χ1) is 14.3. The fourth-order valence-electron chi connectivity index (χ4n) is 3.18. The lowest BCUT2D eigenvalue weighted by Gasteiger charge is -2.31. The minimum atomic E-state index is -0.634. The molecule has 0 saturated heterocycles. The molecule has 1 atom stereocenters. The minimum Gasteiger partial charge on any atom is -0.497 e. The normalized spacial score (nSPS) is 11.8. The van der Waals surface area contributed by atoms with Gasteiger partial charge in [0.2, 0.25) is 11.8 Å². The molecule has 162 valence electrons. The number of rotatable bonds is 10. The molecular weight excluding hydrogens is 383 g/mol. The highest BCUT2D eigenvalue weighted by molar-refractivity contribution is 5.88. The van der Waals surface area contributed by atoms with E-state index in [2.05, 4.69) is 5.32 Å². The van der Waals surface area contributed by atoms with E-state index in [1.54, 1.807) is 30.2 Å². The van der Waals surface area contributed by atoms with Crippen molar-refractivity contribution in [3.8, 4) is 5.75 Å². The molecule has 2 aromatic rings. The fourth-order valence-corrected chi connectivity index (χ4v) is 3.18. The summed E-state index contributed by atoms with van der Waals surface area (Å²) in [5.74, 6) is 0.108. The summed E-state index contributed by atoms with van der Waals surface area (Å²) in [5.41, 5.74) is 1.19. The third kappa shape index (κ3) is 6.58. The number of hydrogen-bond donors (Lipinski definition) is 1. The maximum atomic E-state index is 14.1. The molecule has 0 aromatic heterocycles. The van der Waals surface area contributed by atoms with E-state index >= 15 is 0 Å². The second kappa shape index (κ2) is 11.3. The monoisotopic (exact) mass is 414 g/mol. The first kappa shape index (κ1) is 23.4. The highest BCUT2D eigenvalue weighted by Crippen LogP contribution is 2.18. The smallest absolute Gasteiger partial charge is 0.242 e. The first-order valence-corrected chi connectivity index (χ1v) is 10.3. The third-order valence-corrected chi connectivity index (χ3v) is 4.88. The Kier molecular flexibility index (Phi) is 8.84. The standard InChI is InChI=1S/C24H31FN2O3/c1-5-22(24(29)26-15-17(2)3)27(16-18-10-12-20(30-4)13-11-18)23(28)14-19-8-6-7-9-21(19)25/h6-13,17,22H,5,14-16H2,1-4H3,(H,26,29). The largest absolute Gasteiger partial charge is 0.497 e. The number of ether oxygens (including phenoxy) is 1. The van der Waals surface area contributed by atoms with Crippen molar-refractivity contribution in [2.45, 2.75) is 46.2 Å². The lowest BCUT2D eigenvalue weighted by Crippen LogP contribution is -2.50. The highest BCUT2D eigenvalue weighted by atomic mass is 19.1. The van der Waals surface area contributed by atoms with Gasteiger partial charge in [0.25, 0.3) is 0 Å². The second-order valence-electron chi connectivity index (χ2n) is 7.70. The summed E-state index contributed by atoms with van der Waals surface area (Å²) in [7, 11) is 1.59. The quantitative estimate of drug-likeness (QED) is 0.640. The van der Waals surface area contributed by atoms with Gasteiger partial charge in [0.1, 0.15) is 17.6 Å². The van der Waals surface area contributed by atoms with Crippen molar-refractivity contribution in [2.24, 2.45) is 5.92 Å². The summed E-state index contributed by atoms with van der Waals surface area (Å²) in [5, 5.41) is 2.92. The van der Waals surface area contributed by atoms with Crippen LogP contribution < -0.4 is 10.1 Å². The molecule has 0 aliphatic carbocycles. The molecule has 0 bridgehead atoms. The summed E-state index contributed by atoms with van der Waals surface area (Å²) >= 11 is 0. The first-order valence-electron chi connectivity index (χ1n) is 10.3. The predicted octanol–water partition coefficient (Wildman–Crippen LogP) is 3.96. The summed E-state index contributed by atoms with van der Waals surface area (Å²) < 4.78 is 19.3. The molecule has 0 saturated carbocycles. The lowest BCUT2D eigenvalue weighted by atomic mass is 10.1. The topological polar surface area (TPSA) is 58.6 Å². The Labute approximate surface area is 178 Å². The molecule has 0 fully saturated rings. The number of nitrogens with one attached hydrogen (secondary N) is 1. The van der Waals surface area contributed by atoms with Crippen molar-refractivity contribution >= 4 is 11.8 Å². The predicted molar refractivity (Wildman–Crippen MR) is 116 cm³/mol. The van der Waals surface area contributed by atoms with Crippen LogP contribution in [-0.2, 0) is 22.6 Å². The van der Waals surface area contributed by atoms with Crippen molar-refractivity contribution in [1.82, 2.24) is 10.2 Å². The van der Waals surface area contributed by atoms with Gasteiger partial charge in [-0.1, -0.05) is 51.1 Å². The van der Waals surface area contributed by atoms with Gasteiger partial charge in [-0.25, -0.2) is 4.39 Å². The highest BCUT2D eigenvalue weighted by Gasteiger charge is 2.29. The molecule has 2 aromatic carbocycles. The van der Waals surface area contributed by atoms with Crippen LogP contribution in [0.2, 0.25) is 0 Å². The van der Waals surface area contributed by atoms with Gasteiger partial charge in [-0.05, 0) is 41.7 Å². The summed E-state index contributed by atoms with van der Waals surface area (Å²) in [6.07, 6.45) is 0.361. The van der Waals surface area contributed by atoms with Crippen LogP contribution in [-0.4, -0.2) is 36.4 Å². The molecule has 1 unspecified atom stereocenters. The van der Waals surface area contributed by atoms with E-state index in [1.165, 1.54) is 6.07 Å². The van der Waals surface area contributed by atoms with E-state index in [-0.39, 0.29) is 24.8 Å². The van der Waals surface area contributed by atoms with Gasteiger partial charge in [-0.2, -0.15) is 0 Å². The van der Waals surface area contributed by atoms with Crippen LogP contribution >= 0.6 is 0 Å². The lowest BCUT2D eigenvalue weighted by molar-refractivity contribution is -0.141. The van der Waals surface area contributed by atoms with Gasteiger partial charge in [0.15, 0.2) is 0 Å². The van der Waals surface area contributed by atoms with Crippen molar-refractivity contribution in [3.63, 3.8) is 0 Å². The van der Waals surface area contributed by atoms with Crippen molar-refractivity contribution < 1.29 is 18.7 Å². The number of hydrogen-bond acceptors (Lipinski definition) is 3. The van der Waals surface area contributed by atoms with Crippen LogP contribution in [0.25, 0.3) is 0 Å². The number of methoxy groups -OCH3 is 1. The van der Waals surface area contributed by atoms with E-state index in [4.69, 9.17) is 4.74 Å². The molecule has 6 heteroatoms. The maximum absolute atomic E-state index is 14.1. The van der Waals surface area contributed by atoms with Gasteiger partial charge in [0, 0.05) is 13.1 Å². The van der Waals surface area contributed by atoms with Gasteiger partial charge in [-0.15, -0.1) is 0 Å². The fraction of sp³-hybridized carbons (Fsp3) is 0.417. The molecule has 0 aliphatic heterocycles. The van der Waals surface area contributed by atoms with Gasteiger partial charge < -0.3 is 15.0 Å². The van der Waals surface area contributed by atoms with Crippen LogP contribution in [0.1, 0.15) is 38.3 Å². The number of amides is 2. The number of carbonyl (C=O) groups is 2. The molecule has 0 heterocycles. The zero-order chi connectivity index (χ0) is 22.1. The number of carbonyl (C=O) groups excluding carboxylic acids is 2. The summed E-state index contributed by atoms with van der Waals surface area (Å²) in [4.78, 5) is 27.6. The van der Waals surface area contributed by atoms with Crippen molar-refractivity contribution in [1.29, 1.82) is 0 Å². The SMILES string of the molecule is CCC(C(=O)NCC(C)C)N(Cc1ccc(OC)cc1)C(=O)Cc1ccccc1F. The van der Waals surface area contributed by atoms with Gasteiger partial charge in [-0.3, -0.25) is 9.59 Å². The molecule has 0 spiro atoms. The Morgan fingerprint density at radius 3 is 2.33 bits per heavy atom. The van der Waals surface area contributed by atoms with E-state index < -0.39 is 11.9 Å². The van der Waals surface area contributed by atoms with E-state index in [1.807, 2.05) is 45.0 Å². The van der Waals surface area contributed by atoms with Gasteiger partial charge in [0.05, 0.1) is 13.5 Å². The molecular formula is C24H31FN2O3. The number of nitrogens with zero attached hydrogens (tertiary/aromatic N) is 1. The van der Waals surface area contributed by atoms with E-state index in [0.717, 1.165) is 5.56 Å². The summed E-state index contributed by atoms with van der Waals surface area (Å²) in [6, 6.07) is 12.9. The number of benzene rings is 2. The Hall–Kier alpha value is -2.89. The average molecular weight is 415 g/mol. The molecule has 0 radical (unpaired) electrons. The van der Waals surface area contributed by atoms with E-state index in [9.17, 15) is 14.0 Å². The Morgan fingerprint density at radius 1 is 1.10 bits per heavy atom.